The maximum Gasteiger partial charge on any atom is 0.240 e. The van der Waals surface area contributed by atoms with Gasteiger partial charge in [-0.25, -0.2) is 0 Å². The molecule has 1 fully saturated rings. The predicted molar refractivity (Wildman–Crippen MR) is 65.7 cm³/mol. The molecule has 1 rings (SSSR count). The summed E-state index contributed by atoms with van der Waals surface area (Å²) < 4.78 is 4.99. The van der Waals surface area contributed by atoms with E-state index in [1.807, 2.05) is 0 Å². The minimum Gasteiger partial charge on any atom is -0.395 e. The van der Waals surface area contributed by atoms with Crippen LogP contribution in [0.1, 0.15) is 19.8 Å². The number of nitrogens with one attached hydrogen (secondary N) is 1. The molecule has 1 heterocycles. The van der Waals surface area contributed by atoms with Gasteiger partial charge in [0.1, 0.15) is 0 Å². The Kier molecular flexibility index (Phi) is 6.47. The molecule has 0 spiro atoms. The molecule has 2 N–H and O–H groups in total. The number of ether oxygens (including phenoxy) is 1. The third kappa shape index (κ3) is 4.26. The van der Waals surface area contributed by atoms with Gasteiger partial charge in [0.25, 0.3) is 0 Å². The van der Waals surface area contributed by atoms with E-state index >= 15 is 0 Å². The Bertz CT molecular complexity index is 236. The largest absolute Gasteiger partial charge is 0.395 e. The first-order valence-electron chi connectivity index (χ1n) is 6.32. The average molecular weight is 244 g/mol. The quantitative estimate of drug-likeness (QED) is 0.682. The van der Waals surface area contributed by atoms with Crippen LogP contribution in [0.25, 0.3) is 0 Å². The number of aliphatic hydroxyl groups excluding tert-OH is 1. The number of carbonyl (C=O) groups excluding carboxylic acids is 1. The highest BCUT2D eigenvalue weighted by molar-refractivity contribution is 5.82. The van der Waals surface area contributed by atoms with Crippen molar-refractivity contribution in [2.45, 2.75) is 25.8 Å². The Morgan fingerprint density at radius 3 is 2.88 bits per heavy atom. The molecule has 0 bridgehead atoms. The highest BCUT2D eigenvalue weighted by Gasteiger charge is 2.30. The molecule has 100 valence electrons. The lowest BCUT2D eigenvalue weighted by Crippen LogP contribution is -2.53. The summed E-state index contributed by atoms with van der Waals surface area (Å²) in [4.78, 5) is 14.0. The summed E-state index contributed by atoms with van der Waals surface area (Å²) in [6.07, 6.45) is 2.21. The van der Waals surface area contributed by atoms with Crippen LogP contribution in [0.2, 0.25) is 0 Å². The summed E-state index contributed by atoms with van der Waals surface area (Å²) in [7, 11) is 1.61. The van der Waals surface area contributed by atoms with E-state index in [1.54, 1.807) is 12.0 Å². The van der Waals surface area contributed by atoms with Crippen LogP contribution in [0, 0.1) is 5.92 Å². The number of hydrogen-bond acceptors (Lipinski definition) is 4. The molecule has 1 aliphatic rings. The minimum atomic E-state index is -0.104. The van der Waals surface area contributed by atoms with Crippen molar-refractivity contribution in [3.63, 3.8) is 0 Å². The molecule has 1 aliphatic heterocycles. The van der Waals surface area contributed by atoms with Gasteiger partial charge in [-0.05, 0) is 25.3 Å². The molecule has 2 unspecified atom stereocenters. The molecule has 5 heteroatoms. The van der Waals surface area contributed by atoms with Crippen molar-refractivity contribution in [1.29, 1.82) is 0 Å². The Hall–Kier alpha value is -0.650. The first-order chi connectivity index (χ1) is 8.20. The molecule has 0 aromatic rings. The van der Waals surface area contributed by atoms with Gasteiger partial charge in [0.15, 0.2) is 0 Å². The van der Waals surface area contributed by atoms with Crippen molar-refractivity contribution in [3.05, 3.63) is 0 Å². The zero-order chi connectivity index (χ0) is 12.7. The lowest BCUT2D eigenvalue weighted by Gasteiger charge is -2.33. The second-order valence-corrected chi connectivity index (χ2v) is 4.59. The van der Waals surface area contributed by atoms with Crippen molar-refractivity contribution in [1.82, 2.24) is 10.2 Å². The zero-order valence-corrected chi connectivity index (χ0v) is 10.8. The summed E-state index contributed by atoms with van der Waals surface area (Å²) in [5.74, 6) is 0.447. The maximum absolute atomic E-state index is 12.3. The van der Waals surface area contributed by atoms with E-state index in [4.69, 9.17) is 9.84 Å². The number of piperidine rings is 1. The SMILES string of the molecule is COCCN(CCO)C(=O)C1NCCCC1C. The third-order valence-electron chi connectivity index (χ3n) is 3.28. The van der Waals surface area contributed by atoms with Crippen LogP contribution in [0.4, 0.5) is 0 Å². The zero-order valence-electron chi connectivity index (χ0n) is 10.8. The van der Waals surface area contributed by atoms with Crippen molar-refractivity contribution in [2.24, 2.45) is 5.92 Å². The fraction of sp³-hybridized carbons (Fsp3) is 0.917. The molecule has 17 heavy (non-hydrogen) atoms. The molecule has 1 amide bonds. The van der Waals surface area contributed by atoms with Crippen LogP contribution < -0.4 is 5.32 Å². The number of hydrogen-bond donors (Lipinski definition) is 2. The maximum atomic E-state index is 12.3. The van der Waals surface area contributed by atoms with Crippen molar-refractivity contribution >= 4 is 5.91 Å². The van der Waals surface area contributed by atoms with Gasteiger partial charge < -0.3 is 20.1 Å². The van der Waals surface area contributed by atoms with Gasteiger partial charge in [-0.15, -0.1) is 0 Å². The number of methoxy groups -OCH3 is 1. The van der Waals surface area contributed by atoms with Crippen LogP contribution in [-0.2, 0) is 9.53 Å². The Morgan fingerprint density at radius 2 is 2.29 bits per heavy atom. The van der Waals surface area contributed by atoms with Crippen LogP contribution >= 0.6 is 0 Å². The van der Waals surface area contributed by atoms with Crippen LogP contribution in [-0.4, -0.2) is 61.9 Å². The monoisotopic (exact) mass is 244 g/mol. The Morgan fingerprint density at radius 1 is 1.53 bits per heavy atom. The normalized spacial score (nSPS) is 24.6. The van der Waals surface area contributed by atoms with Gasteiger partial charge in [-0.1, -0.05) is 6.92 Å². The Labute approximate surface area is 103 Å². The first kappa shape index (κ1) is 14.4. The molecule has 0 aromatic heterocycles. The van der Waals surface area contributed by atoms with Gasteiger partial charge in [-0.2, -0.15) is 0 Å². The smallest absolute Gasteiger partial charge is 0.240 e. The summed E-state index contributed by atoms with van der Waals surface area (Å²) in [6.45, 7) is 4.43. The number of carbonyl (C=O) groups is 1. The summed E-state index contributed by atoms with van der Waals surface area (Å²) >= 11 is 0. The van der Waals surface area contributed by atoms with E-state index in [1.165, 1.54) is 0 Å². The van der Waals surface area contributed by atoms with E-state index in [2.05, 4.69) is 12.2 Å². The van der Waals surface area contributed by atoms with Crippen molar-refractivity contribution in [3.8, 4) is 0 Å². The second kappa shape index (κ2) is 7.63. The number of rotatable bonds is 6. The van der Waals surface area contributed by atoms with Gasteiger partial charge in [0.05, 0.1) is 19.3 Å². The van der Waals surface area contributed by atoms with Gasteiger partial charge >= 0.3 is 0 Å². The lowest BCUT2D eigenvalue weighted by atomic mass is 9.92. The van der Waals surface area contributed by atoms with Crippen LogP contribution in [0.5, 0.6) is 0 Å². The minimum absolute atomic E-state index is 0.00342. The number of amides is 1. The van der Waals surface area contributed by atoms with E-state index in [0.29, 0.717) is 25.6 Å². The predicted octanol–water partition coefficient (Wildman–Crippen LogP) is -0.158. The number of aliphatic hydroxyl groups is 1. The second-order valence-electron chi connectivity index (χ2n) is 4.59. The third-order valence-corrected chi connectivity index (χ3v) is 3.28. The van der Waals surface area contributed by atoms with Crippen molar-refractivity contribution in [2.75, 3.05) is 40.0 Å². The first-order valence-corrected chi connectivity index (χ1v) is 6.32. The molecule has 0 radical (unpaired) electrons. The number of nitrogens with zero attached hydrogens (tertiary/aromatic N) is 1. The van der Waals surface area contributed by atoms with E-state index < -0.39 is 0 Å². The lowest BCUT2D eigenvalue weighted by molar-refractivity contribution is -0.136. The van der Waals surface area contributed by atoms with Crippen LogP contribution in [0.15, 0.2) is 0 Å². The fourth-order valence-corrected chi connectivity index (χ4v) is 2.23. The molecule has 0 aliphatic carbocycles. The van der Waals surface area contributed by atoms with E-state index in [0.717, 1.165) is 19.4 Å². The summed E-state index contributed by atoms with van der Waals surface area (Å²) in [5, 5.41) is 12.3. The highest BCUT2D eigenvalue weighted by Crippen LogP contribution is 2.17. The van der Waals surface area contributed by atoms with Gasteiger partial charge in [-0.3, -0.25) is 4.79 Å². The Balaban J connectivity index is 2.55. The molecule has 2 atom stereocenters. The van der Waals surface area contributed by atoms with Crippen LogP contribution in [0.3, 0.4) is 0 Å². The van der Waals surface area contributed by atoms with Gasteiger partial charge in [0.2, 0.25) is 5.91 Å². The summed E-state index contributed by atoms with van der Waals surface area (Å²) in [6, 6.07) is -0.104. The van der Waals surface area contributed by atoms with Crippen molar-refractivity contribution < 1.29 is 14.6 Å². The van der Waals surface area contributed by atoms with E-state index in [9.17, 15) is 4.79 Å². The topological polar surface area (TPSA) is 61.8 Å². The molecule has 0 saturated carbocycles. The van der Waals surface area contributed by atoms with E-state index in [-0.39, 0.29) is 18.6 Å². The molecule has 1 saturated heterocycles. The average Bonchev–Trinajstić information content (AvgIpc) is 2.34. The molecule has 0 aromatic carbocycles. The van der Waals surface area contributed by atoms with Gasteiger partial charge in [0, 0.05) is 20.2 Å². The summed E-state index contributed by atoms with van der Waals surface area (Å²) in [5.41, 5.74) is 0. The fourth-order valence-electron chi connectivity index (χ4n) is 2.23. The highest BCUT2D eigenvalue weighted by atomic mass is 16.5. The standard InChI is InChI=1S/C12H24N2O3/c1-10-4-3-5-13-11(10)12(16)14(6-8-15)7-9-17-2/h10-11,13,15H,3-9H2,1-2H3. The molecular weight excluding hydrogens is 220 g/mol. The molecular formula is C12H24N2O3. The molecule has 5 nitrogen and oxygen atoms in total.